The lowest BCUT2D eigenvalue weighted by Gasteiger charge is -2.34. The molecule has 1 aliphatic rings. The molecule has 0 aliphatic carbocycles. The predicted molar refractivity (Wildman–Crippen MR) is 106 cm³/mol. The van der Waals surface area contributed by atoms with Crippen molar-refractivity contribution < 1.29 is 22.3 Å². The van der Waals surface area contributed by atoms with E-state index in [1.807, 2.05) is 4.90 Å². The fraction of sp³-hybridized carbons (Fsp3) is 0.350. The maximum atomic E-state index is 14.4. The van der Waals surface area contributed by atoms with Gasteiger partial charge in [-0.25, -0.2) is 17.9 Å². The summed E-state index contributed by atoms with van der Waals surface area (Å²) < 4.78 is 42.7. The van der Waals surface area contributed by atoms with Crippen LogP contribution in [0, 0.1) is 12.7 Å². The van der Waals surface area contributed by atoms with Crippen LogP contribution in [0.4, 0.5) is 4.39 Å². The number of carbonyl (C=O) groups excluding carboxylic acids is 1. The van der Waals surface area contributed by atoms with Gasteiger partial charge in [0.05, 0.1) is 18.1 Å². The Bertz CT molecular complexity index is 991. The van der Waals surface area contributed by atoms with E-state index in [-0.39, 0.29) is 17.3 Å². The van der Waals surface area contributed by atoms with Crippen molar-refractivity contribution in [3.8, 4) is 0 Å². The first-order chi connectivity index (χ1) is 13.8. The molecule has 1 aliphatic heterocycles. The van der Waals surface area contributed by atoms with Gasteiger partial charge in [0.15, 0.2) is 0 Å². The van der Waals surface area contributed by atoms with Gasteiger partial charge < -0.3 is 10.1 Å². The summed E-state index contributed by atoms with van der Waals surface area (Å²) in [6.07, 6.45) is 0. The molecule has 2 aromatic carbocycles. The van der Waals surface area contributed by atoms with E-state index in [0.29, 0.717) is 37.4 Å². The van der Waals surface area contributed by atoms with E-state index in [0.717, 1.165) is 5.56 Å². The SMILES string of the molecule is Cc1cc(S(N)(=O)=O)ccc1CNC(=O)C(c1ccccc1F)N1CCOCC1. The molecule has 3 rings (SSSR count). The highest BCUT2D eigenvalue weighted by Gasteiger charge is 2.31. The average molecular weight is 421 g/mol. The van der Waals surface area contributed by atoms with E-state index in [4.69, 9.17) is 9.88 Å². The third-order valence-corrected chi connectivity index (χ3v) is 5.87. The quantitative estimate of drug-likeness (QED) is 0.736. The number of nitrogens with zero attached hydrogens (tertiary/aromatic N) is 1. The van der Waals surface area contributed by atoms with Gasteiger partial charge in [-0.05, 0) is 36.2 Å². The lowest BCUT2D eigenvalue weighted by molar-refractivity contribution is -0.128. The zero-order chi connectivity index (χ0) is 21.0. The molecule has 1 amide bonds. The number of aryl methyl sites for hydroxylation is 1. The van der Waals surface area contributed by atoms with Gasteiger partial charge in [-0.2, -0.15) is 0 Å². The molecule has 0 bridgehead atoms. The van der Waals surface area contributed by atoms with Crippen molar-refractivity contribution in [2.75, 3.05) is 26.3 Å². The molecule has 1 fully saturated rings. The molecule has 9 heteroatoms. The second-order valence-corrected chi connectivity index (χ2v) is 8.48. The van der Waals surface area contributed by atoms with E-state index in [9.17, 15) is 17.6 Å². The number of nitrogens with one attached hydrogen (secondary N) is 1. The number of amides is 1. The maximum Gasteiger partial charge on any atom is 0.242 e. The summed E-state index contributed by atoms with van der Waals surface area (Å²) in [4.78, 5) is 14.9. The number of hydrogen-bond acceptors (Lipinski definition) is 5. The Morgan fingerprint density at radius 1 is 1.24 bits per heavy atom. The number of hydrogen-bond donors (Lipinski definition) is 2. The van der Waals surface area contributed by atoms with E-state index in [1.165, 1.54) is 18.2 Å². The number of halogens is 1. The van der Waals surface area contributed by atoms with Crippen LogP contribution in [0.3, 0.4) is 0 Å². The van der Waals surface area contributed by atoms with Gasteiger partial charge in [-0.1, -0.05) is 24.3 Å². The summed E-state index contributed by atoms with van der Waals surface area (Å²) in [5.74, 6) is -0.764. The molecule has 1 heterocycles. The fourth-order valence-electron chi connectivity index (χ4n) is 3.36. The molecule has 0 saturated carbocycles. The third kappa shape index (κ3) is 5.18. The molecular weight excluding hydrogens is 397 g/mol. The number of rotatable bonds is 6. The van der Waals surface area contributed by atoms with Crippen LogP contribution in [0.15, 0.2) is 47.4 Å². The van der Waals surface area contributed by atoms with E-state index < -0.39 is 21.9 Å². The summed E-state index contributed by atoms with van der Waals surface area (Å²) in [5, 5.41) is 8.00. The van der Waals surface area contributed by atoms with Crippen molar-refractivity contribution in [3.63, 3.8) is 0 Å². The molecule has 1 unspecified atom stereocenters. The van der Waals surface area contributed by atoms with Crippen LogP contribution in [0.1, 0.15) is 22.7 Å². The van der Waals surface area contributed by atoms with Crippen molar-refractivity contribution in [3.05, 3.63) is 65.0 Å². The summed E-state index contributed by atoms with van der Waals surface area (Å²) in [7, 11) is -3.79. The Balaban J connectivity index is 1.79. The van der Waals surface area contributed by atoms with Crippen LogP contribution in [0.5, 0.6) is 0 Å². The van der Waals surface area contributed by atoms with Gasteiger partial charge in [0.25, 0.3) is 0 Å². The number of nitrogens with two attached hydrogens (primary N) is 1. The lowest BCUT2D eigenvalue weighted by atomic mass is 10.0. The van der Waals surface area contributed by atoms with Crippen molar-refractivity contribution in [2.24, 2.45) is 5.14 Å². The fourth-order valence-corrected chi connectivity index (χ4v) is 3.96. The number of carbonyl (C=O) groups is 1. The van der Waals surface area contributed by atoms with Crippen LogP contribution >= 0.6 is 0 Å². The molecule has 0 spiro atoms. The molecule has 2 aromatic rings. The van der Waals surface area contributed by atoms with Crippen LogP contribution in [0.25, 0.3) is 0 Å². The first-order valence-electron chi connectivity index (χ1n) is 9.23. The number of primary sulfonamides is 1. The standard InChI is InChI=1S/C20H24FN3O4S/c1-14-12-16(29(22,26)27)7-6-15(14)13-23-20(25)19(24-8-10-28-11-9-24)17-4-2-3-5-18(17)21/h2-7,12,19H,8-11,13H2,1H3,(H,23,25)(H2,22,26,27). The van der Waals surface area contributed by atoms with Crippen molar-refractivity contribution in [1.82, 2.24) is 10.2 Å². The Kier molecular flexibility index (Phi) is 6.63. The van der Waals surface area contributed by atoms with Gasteiger partial charge in [0.2, 0.25) is 15.9 Å². The van der Waals surface area contributed by atoms with E-state index in [2.05, 4.69) is 5.32 Å². The molecule has 1 atom stereocenters. The topological polar surface area (TPSA) is 102 Å². The first kappa shape index (κ1) is 21.4. The van der Waals surface area contributed by atoms with Gasteiger partial charge in [0.1, 0.15) is 11.9 Å². The summed E-state index contributed by atoms with van der Waals surface area (Å²) in [6, 6.07) is 9.95. The zero-order valence-electron chi connectivity index (χ0n) is 16.1. The minimum Gasteiger partial charge on any atom is -0.379 e. The summed E-state index contributed by atoms with van der Waals surface area (Å²) in [5.41, 5.74) is 1.75. The van der Waals surface area contributed by atoms with Gasteiger partial charge >= 0.3 is 0 Å². The second-order valence-electron chi connectivity index (χ2n) is 6.92. The van der Waals surface area contributed by atoms with Gasteiger partial charge in [0, 0.05) is 25.2 Å². The largest absolute Gasteiger partial charge is 0.379 e. The van der Waals surface area contributed by atoms with Crippen LogP contribution in [-0.4, -0.2) is 45.5 Å². The highest BCUT2D eigenvalue weighted by molar-refractivity contribution is 7.89. The highest BCUT2D eigenvalue weighted by Crippen LogP contribution is 2.25. The molecule has 0 aromatic heterocycles. The molecule has 0 radical (unpaired) electrons. The Morgan fingerprint density at radius 3 is 2.55 bits per heavy atom. The monoisotopic (exact) mass is 421 g/mol. The van der Waals surface area contributed by atoms with Crippen molar-refractivity contribution >= 4 is 15.9 Å². The van der Waals surface area contributed by atoms with Crippen LogP contribution < -0.4 is 10.5 Å². The average Bonchev–Trinajstić information content (AvgIpc) is 2.69. The number of sulfonamides is 1. The zero-order valence-corrected chi connectivity index (χ0v) is 16.9. The van der Waals surface area contributed by atoms with Crippen molar-refractivity contribution in [2.45, 2.75) is 24.4 Å². The van der Waals surface area contributed by atoms with Crippen molar-refractivity contribution in [1.29, 1.82) is 0 Å². The molecular formula is C20H24FN3O4S. The normalized spacial score (nSPS) is 16.4. The minimum atomic E-state index is -3.79. The maximum absolute atomic E-state index is 14.4. The number of ether oxygens (including phenoxy) is 1. The Hall–Kier alpha value is -2.33. The first-order valence-corrected chi connectivity index (χ1v) is 10.8. The second kappa shape index (κ2) is 9.00. The number of morpholine rings is 1. The molecule has 3 N–H and O–H groups in total. The molecule has 156 valence electrons. The predicted octanol–water partition coefficient (Wildman–Crippen LogP) is 1.47. The smallest absolute Gasteiger partial charge is 0.242 e. The molecule has 1 saturated heterocycles. The number of benzene rings is 2. The third-order valence-electron chi connectivity index (χ3n) is 4.95. The summed E-state index contributed by atoms with van der Waals surface area (Å²) in [6.45, 7) is 3.93. The summed E-state index contributed by atoms with van der Waals surface area (Å²) >= 11 is 0. The molecule has 29 heavy (non-hydrogen) atoms. The van der Waals surface area contributed by atoms with Gasteiger partial charge in [-0.15, -0.1) is 0 Å². The minimum absolute atomic E-state index is 0.0163. The van der Waals surface area contributed by atoms with E-state index >= 15 is 0 Å². The Labute approximate surface area is 169 Å². The van der Waals surface area contributed by atoms with Gasteiger partial charge in [-0.3, -0.25) is 9.69 Å². The van der Waals surface area contributed by atoms with Crippen LogP contribution in [0.2, 0.25) is 0 Å². The Morgan fingerprint density at radius 2 is 1.93 bits per heavy atom. The highest BCUT2D eigenvalue weighted by atomic mass is 32.2. The lowest BCUT2D eigenvalue weighted by Crippen LogP contribution is -2.46. The van der Waals surface area contributed by atoms with E-state index in [1.54, 1.807) is 31.2 Å². The molecule has 7 nitrogen and oxygen atoms in total. The van der Waals surface area contributed by atoms with Crippen LogP contribution in [-0.2, 0) is 26.1 Å².